The first-order valence-electron chi connectivity index (χ1n) is 5.12. The van der Waals surface area contributed by atoms with Gasteiger partial charge in [0.05, 0.1) is 11.4 Å². The number of hydrogen-bond donors (Lipinski definition) is 1. The van der Waals surface area contributed by atoms with Crippen LogP contribution in [0, 0.1) is 0 Å². The molecule has 18 heavy (non-hydrogen) atoms. The Balaban J connectivity index is 2.35. The van der Waals surface area contributed by atoms with E-state index in [-0.39, 0.29) is 5.75 Å². The highest BCUT2D eigenvalue weighted by Gasteiger charge is 1.98. The van der Waals surface area contributed by atoms with E-state index in [9.17, 15) is 5.11 Å². The fourth-order valence-electron chi connectivity index (χ4n) is 1.39. The number of anilines is 1. The minimum absolute atomic E-state index is 0.0736. The molecule has 0 amide bonds. The monoisotopic (exact) mass is 367 g/mol. The van der Waals surface area contributed by atoms with Gasteiger partial charge in [0.1, 0.15) is 0 Å². The lowest BCUT2D eigenvalue weighted by Gasteiger charge is -2.09. The standard InChI is InChI=1S/C13H10Br2N2O/c14-9-2-4-13(18)8(5-9)7-17-12-6-10(15)1-3-11(12)16/h1-7,18H,16H2/p-1. The number of aliphatic imine (C=N–C) groups is 1. The van der Waals surface area contributed by atoms with E-state index in [4.69, 9.17) is 5.73 Å². The topological polar surface area (TPSA) is 61.4 Å². The highest BCUT2D eigenvalue weighted by molar-refractivity contribution is 9.10. The van der Waals surface area contributed by atoms with Crippen molar-refractivity contribution in [3.8, 4) is 5.75 Å². The summed E-state index contributed by atoms with van der Waals surface area (Å²) in [7, 11) is 0. The van der Waals surface area contributed by atoms with Crippen molar-refractivity contribution in [2.24, 2.45) is 4.99 Å². The Labute approximate surface area is 122 Å². The van der Waals surface area contributed by atoms with Gasteiger partial charge < -0.3 is 10.8 Å². The molecule has 0 aliphatic rings. The lowest BCUT2D eigenvalue weighted by molar-refractivity contribution is -0.268. The number of nitrogens with two attached hydrogens (primary N) is 1. The third-order valence-electron chi connectivity index (χ3n) is 2.31. The van der Waals surface area contributed by atoms with E-state index in [1.165, 1.54) is 12.3 Å². The van der Waals surface area contributed by atoms with Crippen LogP contribution in [0.1, 0.15) is 5.56 Å². The van der Waals surface area contributed by atoms with Crippen molar-refractivity contribution < 1.29 is 5.11 Å². The summed E-state index contributed by atoms with van der Waals surface area (Å²) >= 11 is 6.67. The maximum Gasteiger partial charge on any atom is 0.0870 e. The Kier molecular flexibility index (Phi) is 4.04. The van der Waals surface area contributed by atoms with E-state index in [0.717, 1.165) is 8.95 Å². The predicted octanol–water partition coefficient (Wildman–Crippen LogP) is 3.62. The quantitative estimate of drug-likeness (QED) is 0.650. The average molecular weight is 369 g/mol. The molecule has 2 aromatic carbocycles. The number of benzene rings is 2. The van der Waals surface area contributed by atoms with Crippen LogP contribution in [0.5, 0.6) is 5.75 Å². The van der Waals surface area contributed by atoms with Gasteiger partial charge in [-0.15, -0.1) is 0 Å². The van der Waals surface area contributed by atoms with E-state index >= 15 is 0 Å². The SMILES string of the molecule is Nc1ccc(Br)cc1N=Cc1cc(Br)ccc1[O-]. The van der Waals surface area contributed by atoms with Gasteiger partial charge in [-0.05, 0) is 35.9 Å². The van der Waals surface area contributed by atoms with Crippen molar-refractivity contribution in [1.82, 2.24) is 0 Å². The minimum atomic E-state index is -0.0736. The van der Waals surface area contributed by atoms with Crippen molar-refractivity contribution in [3.05, 3.63) is 50.9 Å². The van der Waals surface area contributed by atoms with E-state index in [1.54, 1.807) is 24.3 Å². The third-order valence-corrected chi connectivity index (χ3v) is 3.29. The van der Waals surface area contributed by atoms with Crippen LogP contribution in [0.2, 0.25) is 0 Å². The fourth-order valence-corrected chi connectivity index (χ4v) is 2.12. The van der Waals surface area contributed by atoms with Gasteiger partial charge in [-0.3, -0.25) is 4.99 Å². The largest absolute Gasteiger partial charge is 0.872 e. The molecule has 0 radical (unpaired) electrons. The van der Waals surface area contributed by atoms with Crippen LogP contribution in [-0.2, 0) is 0 Å². The molecule has 0 aromatic heterocycles. The summed E-state index contributed by atoms with van der Waals surface area (Å²) in [5.41, 5.74) is 7.51. The zero-order valence-electron chi connectivity index (χ0n) is 9.23. The Hall–Kier alpha value is -1.33. The molecule has 0 spiro atoms. The van der Waals surface area contributed by atoms with Crippen LogP contribution < -0.4 is 10.8 Å². The van der Waals surface area contributed by atoms with Gasteiger partial charge >= 0.3 is 0 Å². The molecule has 0 saturated carbocycles. The summed E-state index contributed by atoms with van der Waals surface area (Å²) in [5.74, 6) is -0.0736. The molecule has 0 heterocycles. The molecule has 2 N–H and O–H groups in total. The minimum Gasteiger partial charge on any atom is -0.872 e. The smallest absolute Gasteiger partial charge is 0.0870 e. The second-order valence-corrected chi connectivity index (χ2v) is 5.47. The van der Waals surface area contributed by atoms with Crippen LogP contribution >= 0.6 is 31.9 Å². The lowest BCUT2D eigenvalue weighted by atomic mass is 10.2. The van der Waals surface area contributed by atoms with Gasteiger partial charge in [-0.2, -0.15) is 0 Å². The summed E-state index contributed by atoms with van der Waals surface area (Å²) in [6.07, 6.45) is 1.52. The molecule has 0 aliphatic carbocycles. The van der Waals surface area contributed by atoms with E-state index < -0.39 is 0 Å². The lowest BCUT2D eigenvalue weighted by Crippen LogP contribution is -1.95. The van der Waals surface area contributed by atoms with Crippen LogP contribution in [0.4, 0.5) is 11.4 Å². The molecule has 0 atom stereocenters. The highest BCUT2D eigenvalue weighted by atomic mass is 79.9. The number of halogens is 2. The van der Waals surface area contributed by atoms with Crippen LogP contribution in [0.25, 0.3) is 0 Å². The summed E-state index contributed by atoms with van der Waals surface area (Å²) in [4.78, 5) is 4.24. The molecule has 0 unspecified atom stereocenters. The summed E-state index contributed by atoms with van der Waals surface area (Å²) < 4.78 is 1.73. The maximum absolute atomic E-state index is 11.6. The van der Waals surface area contributed by atoms with E-state index in [1.807, 2.05) is 6.07 Å². The Morgan fingerprint density at radius 3 is 2.50 bits per heavy atom. The van der Waals surface area contributed by atoms with Gasteiger partial charge in [-0.25, -0.2) is 0 Å². The number of nitrogen functional groups attached to an aromatic ring is 1. The van der Waals surface area contributed by atoms with Crippen molar-refractivity contribution >= 4 is 49.4 Å². The first kappa shape index (κ1) is 13.1. The maximum atomic E-state index is 11.6. The fraction of sp³-hybridized carbons (Fsp3) is 0. The van der Waals surface area contributed by atoms with Crippen LogP contribution in [0.3, 0.4) is 0 Å². The molecular weight excluding hydrogens is 360 g/mol. The van der Waals surface area contributed by atoms with Crippen molar-refractivity contribution in [1.29, 1.82) is 0 Å². The van der Waals surface area contributed by atoms with Gasteiger partial charge in [-0.1, -0.05) is 43.7 Å². The Bertz CT molecular complexity index is 558. The van der Waals surface area contributed by atoms with Gasteiger partial charge in [0.25, 0.3) is 0 Å². The molecule has 0 saturated heterocycles. The Morgan fingerprint density at radius 1 is 1.06 bits per heavy atom. The zero-order chi connectivity index (χ0) is 13.1. The second kappa shape index (κ2) is 5.54. The first-order chi connectivity index (χ1) is 8.56. The molecule has 0 bridgehead atoms. The summed E-state index contributed by atoms with van der Waals surface area (Å²) in [5, 5.41) is 11.6. The number of nitrogens with zero attached hydrogens (tertiary/aromatic N) is 1. The third kappa shape index (κ3) is 3.11. The van der Waals surface area contributed by atoms with Gasteiger partial charge in [0.15, 0.2) is 0 Å². The molecular formula is C13H9Br2N2O-. The summed E-state index contributed by atoms with van der Waals surface area (Å²) in [6, 6.07) is 10.3. The van der Waals surface area contributed by atoms with Crippen molar-refractivity contribution in [3.63, 3.8) is 0 Å². The van der Waals surface area contributed by atoms with Crippen molar-refractivity contribution in [2.75, 3.05) is 5.73 Å². The van der Waals surface area contributed by atoms with Crippen LogP contribution in [-0.4, -0.2) is 6.21 Å². The molecule has 3 nitrogen and oxygen atoms in total. The Morgan fingerprint density at radius 2 is 1.72 bits per heavy atom. The number of hydrogen-bond acceptors (Lipinski definition) is 3. The molecule has 0 aliphatic heterocycles. The molecule has 2 aromatic rings. The first-order valence-corrected chi connectivity index (χ1v) is 6.70. The van der Waals surface area contributed by atoms with E-state index in [2.05, 4.69) is 36.9 Å². The van der Waals surface area contributed by atoms with E-state index in [0.29, 0.717) is 16.9 Å². The van der Waals surface area contributed by atoms with Crippen molar-refractivity contribution in [2.45, 2.75) is 0 Å². The molecule has 5 heteroatoms. The average Bonchev–Trinajstić information content (AvgIpc) is 2.34. The zero-order valence-corrected chi connectivity index (χ0v) is 12.4. The molecule has 0 fully saturated rings. The number of rotatable bonds is 2. The highest BCUT2D eigenvalue weighted by Crippen LogP contribution is 2.26. The summed E-state index contributed by atoms with van der Waals surface area (Å²) in [6.45, 7) is 0. The molecule has 2 rings (SSSR count). The van der Waals surface area contributed by atoms with Crippen LogP contribution in [0.15, 0.2) is 50.3 Å². The predicted molar refractivity (Wildman–Crippen MR) is 79.4 cm³/mol. The van der Waals surface area contributed by atoms with Gasteiger partial charge in [0, 0.05) is 15.2 Å². The second-order valence-electron chi connectivity index (χ2n) is 3.64. The normalized spacial score (nSPS) is 11.0. The molecule has 92 valence electrons. The van der Waals surface area contributed by atoms with Gasteiger partial charge in [0.2, 0.25) is 0 Å².